The van der Waals surface area contributed by atoms with Crippen LogP contribution >= 0.6 is 0 Å². The van der Waals surface area contributed by atoms with E-state index in [0.717, 1.165) is 22.3 Å². The summed E-state index contributed by atoms with van der Waals surface area (Å²) in [4.78, 5) is 14.7. The Labute approximate surface area is 292 Å². The maximum absolute atomic E-state index is 9.49. The van der Waals surface area contributed by atoms with Gasteiger partial charge in [-0.15, -0.1) is 0 Å². The van der Waals surface area contributed by atoms with Gasteiger partial charge < -0.3 is 4.42 Å². The van der Waals surface area contributed by atoms with Crippen LogP contribution in [0.15, 0.2) is 180 Å². The van der Waals surface area contributed by atoms with Crippen LogP contribution in [0.25, 0.3) is 89.5 Å². The Kier molecular flexibility index (Phi) is 5.67. The molecule has 0 atom stereocenters. The molecule has 0 aliphatic rings. The first-order chi connectivity index (χ1) is 26.8. The fraction of sp³-hybridized carbons (Fsp3) is 0. The van der Waals surface area contributed by atoms with Gasteiger partial charge in [-0.1, -0.05) is 145 Å². The van der Waals surface area contributed by atoms with E-state index >= 15 is 0 Å². The zero-order chi connectivity index (χ0) is 37.8. The van der Waals surface area contributed by atoms with Gasteiger partial charge in [0.25, 0.3) is 0 Å². The van der Waals surface area contributed by atoms with E-state index in [0.29, 0.717) is 28.3 Å². The quantitative estimate of drug-likeness (QED) is 0.183. The second-order valence-electron chi connectivity index (χ2n) is 11.6. The molecule has 4 nitrogen and oxygen atoms in total. The SMILES string of the molecule is [2H]c1c([2H])c([2H])c2c(oc3c([2H])c(-c4nc(-c5ccccc5)nc(-c5cc(-c6ccccc6)cc(-c6ccccc6)c5)n4)c([2H])c([2H])c32)c1-c1ccccc1. The van der Waals surface area contributed by atoms with Gasteiger partial charge in [0.1, 0.15) is 11.2 Å². The molecule has 0 aliphatic carbocycles. The largest absolute Gasteiger partial charge is 0.455 e. The molecule has 0 unspecified atom stereocenters. The van der Waals surface area contributed by atoms with E-state index in [4.69, 9.17) is 23.5 Å². The number of benzene rings is 7. The predicted octanol–water partition coefficient (Wildman–Crippen LogP) is 11.8. The maximum Gasteiger partial charge on any atom is 0.164 e. The number of hydrogen-bond acceptors (Lipinski definition) is 4. The highest BCUT2D eigenvalue weighted by atomic mass is 16.3. The molecular formula is C45H29N3O. The summed E-state index contributed by atoms with van der Waals surface area (Å²) < 4.78 is 60.7. The minimum Gasteiger partial charge on any atom is -0.455 e. The molecule has 0 N–H and O–H groups in total. The summed E-state index contributed by atoms with van der Waals surface area (Å²) in [5, 5.41) is 0.172. The number of fused-ring (bicyclic) bond motifs is 3. The van der Waals surface area contributed by atoms with Gasteiger partial charge in [-0.05, 0) is 58.1 Å². The number of nitrogens with zero attached hydrogens (tertiary/aromatic N) is 3. The van der Waals surface area contributed by atoms with Crippen molar-refractivity contribution in [2.24, 2.45) is 0 Å². The van der Waals surface area contributed by atoms with Gasteiger partial charge in [-0.2, -0.15) is 0 Å². The Balaban J connectivity index is 1.33. The van der Waals surface area contributed by atoms with Crippen molar-refractivity contribution < 1.29 is 12.6 Å². The van der Waals surface area contributed by atoms with Crippen molar-refractivity contribution >= 4 is 21.9 Å². The maximum atomic E-state index is 9.49. The Morgan fingerprint density at radius 2 is 0.898 bits per heavy atom. The summed E-state index contributed by atoms with van der Waals surface area (Å²) in [7, 11) is 0. The molecule has 230 valence electrons. The normalized spacial score (nSPS) is 13.0. The molecule has 0 aliphatic heterocycles. The van der Waals surface area contributed by atoms with Crippen molar-refractivity contribution in [2.45, 2.75) is 0 Å². The zero-order valence-corrected chi connectivity index (χ0v) is 26.0. The standard InChI is InChI=1S/C45H29N3O/c1-5-14-30(15-6-1)35-26-36(31-16-7-2-8-17-31)28-37(27-35)45-47-43(33-20-11-4-12-21-33)46-44(48-45)34-24-25-39-40-23-13-22-38(32-18-9-3-10-19-32)42(40)49-41(39)29-34/h1-29H/i13D,22D,23D,24D,25D,29D. The van der Waals surface area contributed by atoms with Crippen LogP contribution in [0.2, 0.25) is 0 Å². The molecule has 2 aromatic heterocycles. The lowest BCUT2D eigenvalue weighted by Gasteiger charge is -2.12. The molecule has 9 rings (SSSR count). The minimum absolute atomic E-state index is 0.0119. The molecule has 9 aromatic rings. The van der Waals surface area contributed by atoms with Gasteiger partial charge in [0.2, 0.25) is 0 Å². The number of aromatic nitrogens is 3. The summed E-state index contributed by atoms with van der Waals surface area (Å²) in [6.07, 6.45) is 0. The van der Waals surface area contributed by atoms with Gasteiger partial charge in [0, 0.05) is 33.0 Å². The van der Waals surface area contributed by atoms with Crippen molar-refractivity contribution in [3.05, 3.63) is 176 Å². The molecule has 0 bridgehead atoms. The van der Waals surface area contributed by atoms with Gasteiger partial charge in [0.15, 0.2) is 17.5 Å². The lowest BCUT2D eigenvalue weighted by atomic mass is 9.96. The average Bonchev–Trinajstić information content (AvgIpc) is 3.64. The van der Waals surface area contributed by atoms with E-state index in [-0.39, 0.29) is 75.1 Å². The Hall–Kier alpha value is -6.65. The molecule has 4 heteroatoms. The summed E-state index contributed by atoms with van der Waals surface area (Å²) in [5.74, 6) is 0.642. The third-order valence-electron chi connectivity index (χ3n) is 8.42. The van der Waals surface area contributed by atoms with Crippen molar-refractivity contribution in [3.63, 3.8) is 0 Å². The van der Waals surface area contributed by atoms with Gasteiger partial charge >= 0.3 is 0 Å². The summed E-state index contributed by atoms with van der Waals surface area (Å²) >= 11 is 0. The van der Waals surface area contributed by atoms with Crippen molar-refractivity contribution in [2.75, 3.05) is 0 Å². The van der Waals surface area contributed by atoms with E-state index in [2.05, 4.69) is 6.07 Å². The first-order valence-electron chi connectivity index (χ1n) is 18.9. The predicted molar refractivity (Wildman–Crippen MR) is 200 cm³/mol. The van der Waals surface area contributed by atoms with E-state index < -0.39 is 0 Å². The third kappa shape index (κ3) is 5.45. The molecule has 49 heavy (non-hydrogen) atoms. The Morgan fingerprint density at radius 3 is 1.49 bits per heavy atom. The van der Waals surface area contributed by atoms with Crippen LogP contribution in [0.1, 0.15) is 8.22 Å². The topological polar surface area (TPSA) is 51.8 Å². The van der Waals surface area contributed by atoms with Crippen LogP contribution in [0.3, 0.4) is 0 Å². The molecule has 0 saturated heterocycles. The van der Waals surface area contributed by atoms with E-state index in [1.807, 2.05) is 109 Å². The molecule has 0 amide bonds. The van der Waals surface area contributed by atoms with Crippen LogP contribution in [0, 0.1) is 0 Å². The lowest BCUT2D eigenvalue weighted by Crippen LogP contribution is -2.00. The summed E-state index contributed by atoms with van der Waals surface area (Å²) in [5.41, 5.74) is 6.18. The Morgan fingerprint density at radius 1 is 0.408 bits per heavy atom. The van der Waals surface area contributed by atoms with Crippen LogP contribution in [0.5, 0.6) is 0 Å². The first-order valence-corrected chi connectivity index (χ1v) is 15.9. The fourth-order valence-electron chi connectivity index (χ4n) is 6.02. The van der Waals surface area contributed by atoms with Crippen LogP contribution in [0.4, 0.5) is 0 Å². The van der Waals surface area contributed by atoms with Crippen molar-refractivity contribution in [3.8, 4) is 67.5 Å². The third-order valence-corrected chi connectivity index (χ3v) is 8.42. The fourth-order valence-corrected chi connectivity index (χ4v) is 6.02. The number of rotatable bonds is 6. The van der Waals surface area contributed by atoms with Crippen LogP contribution in [-0.4, -0.2) is 15.0 Å². The highest BCUT2D eigenvalue weighted by Gasteiger charge is 2.17. The monoisotopic (exact) mass is 633 g/mol. The minimum atomic E-state index is -0.335. The molecule has 0 spiro atoms. The van der Waals surface area contributed by atoms with Gasteiger partial charge in [-0.3, -0.25) is 0 Å². The Bertz CT molecular complexity index is 2860. The zero-order valence-electron chi connectivity index (χ0n) is 32.0. The number of hydrogen-bond donors (Lipinski definition) is 0. The smallest absolute Gasteiger partial charge is 0.164 e. The van der Waals surface area contributed by atoms with E-state index in [9.17, 15) is 4.11 Å². The molecule has 0 radical (unpaired) electrons. The highest BCUT2D eigenvalue weighted by molar-refractivity contribution is 6.10. The summed E-state index contributed by atoms with van der Waals surface area (Å²) in [6.45, 7) is 0. The number of furan rings is 1. The van der Waals surface area contributed by atoms with Gasteiger partial charge in [-0.25, -0.2) is 15.0 Å². The van der Waals surface area contributed by atoms with E-state index in [1.165, 1.54) is 0 Å². The summed E-state index contributed by atoms with van der Waals surface area (Å²) in [6, 6.07) is 42.8. The number of para-hydroxylation sites is 1. The average molecular weight is 634 g/mol. The van der Waals surface area contributed by atoms with E-state index in [1.54, 1.807) is 24.3 Å². The second-order valence-corrected chi connectivity index (χ2v) is 11.6. The highest BCUT2D eigenvalue weighted by Crippen LogP contribution is 2.38. The van der Waals surface area contributed by atoms with Gasteiger partial charge in [0.05, 0.1) is 8.22 Å². The first kappa shape index (κ1) is 22.8. The second kappa shape index (κ2) is 12.2. The molecule has 2 heterocycles. The molecule has 0 fully saturated rings. The van der Waals surface area contributed by atoms with Crippen molar-refractivity contribution in [1.82, 2.24) is 15.0 Å². The molecular weight excluding hydrogens is 599 g/mol. The van der Waals surface area contributed by atoms with Crippen LogP contribution < -0.4 is 0 Å². The lowest BCUT2D eigenvalue weighted by molar-refractivity contribution is 0.670. The molecule has 7 aromatic carbocycles. The van der Waals surface area contributed by atoms with Crippen LogP contribution in [-0.2, 0) is 0 Å². The molecule has 0 saturated carbocycles. The van der Waals surface area contributed by atoms with Crippen molar-refractivity contribution in [1.29, 1.82) is 0 Å².